The second kappa shape index (κ2) is 10.8. The minimum absolute atomic E-state index is 0.565. The Balaban J connectivity index is 5.74. The Hall–Kier alpha value is 0.588. The van der Waals surface area contributed by atoms with Crippen molar-refractivity contribution in [2.75, 3.05) is 27.3 Å². The standard InChI is InChI=1S/C14H40N2O5Si4/c1-17-24(13-9-11-15,19-22(3,4)5)21-25(18-2,14-10-12-16)20-23(6,7)8/h9-16H2,1-8H3. The summed E-state index contributed by atoms with van der Waals surface area (Å²) in [5, 5.41) is 0. The summed E-state index contributed by atoms with van der Waals surface area (Å²) in [6.07, 6.45) is 1.56. The van der Waals surface area contributed by atoms with Gasteiger partial charge in [-0.1, -0.05) is 0 Å². The number of hydrogen-bond donors (Lipinski definition) is 2. The fourth-order valence-electron chi connectivity index (χ4n) is 2.42. The third-order valence-electron chi connectivity index (χ3n) is 3.23. The number of hydrogen-bond acceptors (Lipinski definition) is 7. The van der Waals surface area contributed by atoms with E-state index < -0.39 is 34.2 Å². The Morgan fingerprint density at radius 2 is 0.920 bits per heavy atom. The van der Waals surface area contributed by atoms with E-state index in [2.05, 4.69) is 39.3 Å². The van der Waals surface area contributed by atoms with Crippen molar-refractivity contribution in [1.29, 1.82) is 0 Å². The first kappa shape index (κ1) is 25.6. The van der Waals surface area contributed by atoms with Crippen LogP contribution in [0.5, 0.6) is 0 Å². The van der Waals surface area contributed by atoms with E-state index in [4.69, 9.17) is 32.7 Å². The molecule has 152 valence electrons. The van der Waals surface area contributed by atoms with Crippen molar-refractivity contribution in [3.8, 4) is 0 Å². The van der Waals surface area contributed by atoms with Crippen LogP contribution in [-0.4, -0.2) is 61.6 Å². The van der Waals surface area contributed by atoms with E-state index in [1.165, 1.54) is 0 Å². The molecule has 0 bridgehead atoms. The van der Waals surface area contributed by atoms with E-state index >= 15 is 0 Å². The van der Waals surface area contributed by atoms with Crippen molar-refractivity contribution in [2.24, 2.45) is 11.5 Å². The van der Waals surface area contributed by atoms with Gasteiger partial charge >= 0.3 is 17.6 Å². The van der Waals surface area contributed by atoms with Crippen LogP contribution >= 0.6 is 0 Å². The van der Waals surface area contributed by atoms with Gasteiger partial charge in [0, 0.05) is 26.3 Å². The molecule has 0 rings (SSSR count). The number of rotatable bonds is 14. The highest BCUT2D eigenvalue weighted by molar-refractivity contribution is 6.86. The van der Waals surface area contributed by atoms with E-state index in [0.717, 1.165) is 12.8 Å². The van der Waals surface area contributed by atoms with E-state index in [9.17, 15) is 0 Å². The molecule has 4 N–H and O–H groups in total. The zero-order valence-electron chi connectivity index (χ0n) is 17.4. The monoisotopic (exact) mass is 428 g/mol. The fraction of sp³-hybridized carbons (Fsp3) is 1.00. The number of nitrogens with two attached hydrogens (primary N) is 2. The minimum Gasteiger partial charge on any atom is -0.416 e. The highest BCUT2D eigenvalue weighted by Crippen LogP contribution is 2.31. The summed E-state index contributed by atoms with van der Waals surface area (Å²) in [5.41, 5.74) is 11.5. The van der Waals surface area contributed by atoms with Crippen LogP contribution in [0.4, 0.5) is 0 Å². The van der Waals surface area contributed by atoms with Gasteiger partial charge in [0.05, 0.1) is 0 Å². The first-order chi connectivity index (χ1) is 11.4. The molecule has 0 amide bonds. The topological polar surface area (TPSA) is 98.2 Å². The summed E-state index contributed by atoms with van der Waals surface area (Å²) in [4.78, 5) is 0. The lowest BCUT2D eigenvalue weighted by molar-refractivity contribution is 0.124. The SMILES string of the molecule is CO[Si](CCCN)(O[Si](C)(C)C)O[Si](CCCN)(OC)O[Si](C)(C)C. The zero-order chi connectivity index (χ0) is 19.8. The molecule has 2 atom stereocenters. The smallest absolute Gasteiger partial charge is 0.416 e. The Kier molecular flexibility index (Phi) is 11.1. The molecular formula is C14H40N2O5Si4. The Bertz CT molecular complexity index is 347. The van der Waals surface area contributed by atoms with Crippen molar-refractivity contribution in [3.05, 3.63) is 0 Å². The maximum absolute atomic E-state index is 6.63. The summed E-state index contributed by atoms with van der Waals surface area (Å²) < 4.78 is 31.4. The van der Waals surface area contributed by atoms with Gasteiger partial charge in [-0.25, -0.2) is 0 Å². The average Bonchev–Trinajstić information content (AvgIpc) is 2.47. The average molecular weight is 429 g/mol. The molecule has 2 unspecified atom stereocenters. The fourth-order valence-corrected chi connectivity index (χ4v) is 17.5. The second-order valence-corrected chi connectivity index (χ2v) is 23.5. The summed E-state index contributed by atoms with van der Waals surface area (Å²) in [5.74, 6) is 0. The van der Waals surface area contributed by atoms with Gasteiger partial charge in [-0.15, -0.1) is 0 Å². The minimum atomic E-state index is -2.96. The molecule has 11 heteroatoms. The van der Waals surface area contributed by atoms with Crippen LogP contribution in [-0.2, 0) is 21.2 Å². The van der Waals surface area contributed by atoms with Gasteiger partial charge in [-0.3, -0.25) is 0 Å². The quantitative estimate of drug-likeness (QED) is 0.410. The van der Waals surface area contributed by atoms with Gasteiger partial charge in [-0.05, 0) is 65.2 Å². The first-order valence-corrected chi connectivity index (χ1v) is 19.7. The lowest BCUT2D eigenvalue weighted by atomic mass is 10.5. The molecule has 0 aromatic heterocycles. The van der Waals surface area contributed by atoms with Crippen LogP contribution in [0.3, 0.4) is 0 Å². The van der Waals surface area contributed by atoms with Gasteiger partial charge in [0.15, 0.2) is 16.6 Å². The molecular weight excluding hydrogens is 389 g/mol. The second-order valence-electron chi connectivity index (χ2n) is 8.09. The molecule has 0 saturated carbocycles. The largest absolute Gasteiger partial charge is 0.482 e. The Morgan fingerprint density at radius 1 is 0.600 bits per heavy atom. The molecule has 0 aliphatic heterocycles. The molecule has 0 spiro atoms. The van der Waals surface area contributed by atoms with Crippen LogP contribution in [0.2, 0.25) is 51.4 Å². The molecule has 0 aliphatic carbocycles. The van der Waals surface area contributed by atoms with Gasteiger partial charge in [0.2, 0.25) is 0 Å². The van der Waals surface area contributed by atoms with Crippen LogP contribution in [0, 0.1) is 0 Å². The zero-order valence-corrected chi connectivity index (χ0v) is 21.4. The van der Waals surface area contributed by atoms with Crippen molar-refractivity contribution >= 4 is 34.2 Å². The summed E-state index contributed by atoms with van der Waals surface area (Å²) in [7, 11) is -6.39. The molecule has 0 aliphatic rings. The summed E-state index contributed by atoms with van der Waals surface area (Å²) >= 11 is 0. The highest BCUT2D eigenvalue weighted by atomic mass is 28.5. The molecule has 0 radical (unpaired) electrons. The molecule has 0 aromatic rings. The van der Waals surface area contributed by atoms with E-state index in [1.807, 2.05) is 0 Å². The van der Waals surface area contributed by atoms with E-state index in [0.29, 0.717) is 25.2 Å². The van der Waals surface area contributed by atoms with Gasteiger partial charge in [-0.2, -0.15) is 0 Å². The third kappa shape index (κ3) is 10.5. The van der Waals surface area contributed by atoms with Crippen LogP contribution in [0.25, 0.3) is 0 Å². The van der Waals surface area contributed by atoms with Gasteiger partial charge in [0.1, 0.15) is 0 Å². The van der Waals surface area contributed by atoms with Crippen LogP contribution < -0.4 is 11.5 Å². The maximum Gasteiger partial charge on any atom is 0.482 e. The van der Waals surface area contributed by atoms with Crippen LogP contribution in [0.1, 0.15) is 12.8 Å². The molecule has 7 nitrogen and oxygen atoms in total. The Morgan fingerprint density at radius 3 is 1.12 bits per heavy atom. The van der Waals surface area contributed by atoms with Crippen molar-refractivity contribution < 1.29 is 21.2 Å². The predicted octanol–water partition coefficient (Wildman–Crippen LogP) is 2.57. The molecule has 0 saturated heterocycles. The van der Waals surface area contributed by atoms with E-state index in [-0.39, 0.29) is 0 Å². The summed E-state index contributed by atoms with van der Waals surface area (Å²) in [6.45, 7) is 13.9. The lowest BCUT2D eigenvalue weighted by Gasteiger charge is -2.42. The predicted molar refractivity (Wildman–Crippen MR) is 112 cm³/mol. The molecule has 0 aromatic carbocycles. The summed E-state index contributed by atoms with van der Waals surface area (Å²) in [6, 6.07) is 1.33. The Labute approximate surface area is 158 Å². The molecule has 0 heterocycles. The van der Waals surface area contributed by atoms with Gasteiger partial charge in [0.25, 0.3) is 0 Å². The maximum atomic E-state index is 6.63. The van der Waals surface area contributed by atoms with Gasteiger partial charge < -0.3 is 32.7 Å². The van der Waals surface area contributed by atoms with Crippen LogP contribution in [0.15, 0.2) is 0 Å². The highest BCUT2D eigenvalue weighted by Gasteiger charge is 2.54. The normalized spacial score (nSPS) is 18.0. The van der Waals surface area contributed by atoms with Crippen molar-refractivity contribution in [1.82, 2.24) is 0 Å². The van der Waals surface area contributed by atoms with Crippen molar-refractivity contribution in [2.45, 2.75) is 64.2 Å². The first-order valence-electron chi connectivity index (χ1n) is 8.97. The van der Waals surface area contributed by atoms with E-state index in [1.54, 1.807) is 14.2 Å². The van der Waals surface area contributed by atoms with Crippen molar-refractivity contribution in [3.63, 3.8) is 0 Å². The molecule has 0 fully saturated rings. The third-order valence-corrected chi connectivity index (χ3v) is 16.3. The lowest BCUT2D eigenvalue weighted by Crippen LogP contribution is -2.63. The molecule has 25 heavy (non-hydrogen) atoms.